The topological polar surface area (TPSA) is 63.6 Å². The lowest BCUT2D eigenvalue weighted by Crippen LogP contribution is -2.06. The lowest BCUT2D eigenvalue weighted by Gasteiger charge is -2.01. The van der Waals surface area contributed by atoms with Gasteiger partial charge in [0, 0.05) is 11.1 Å². The summed E-state index contributed by atoms with van der Waals surface area (Å²) in [5.74, 6) is -1.41. The molecule has 0 heterocycles. The quantitative estimate of drug-likeness (QED) is 0.429. The minimum atomic E-state index is -0.999. The van der Waals surface area contributed by atoms with E-state index in [1.165, 1.54) is 19.1 Å². The number of hydrogen-bond donors (Lipinski definition) is 1. The van der Waals surface area contributed by atoms with E-state index >= 15 is 0 Å². The summed E-state index contributed by atoms with van der Waals surface area (Å²) in [4.78, 5) is 21.7. The predicted molar refractivity (Wildman–Crippen MR) is 56.4 cm³/mol. The monoisotopic (exact) mass is 212 g/mol. The van der Waals surface area contributed by atoms with Crippen molar-refractivity contribution in [1.82, 2.24) is 0 Å². The fourth-order valence-electron chi connectivity index (χ4n) is 0.698. The van der Waals surface area contributed by atoms with E-state index in [2.05, 4.69) is 0 Å². The second-order valence-corrected chi connectivity index (χ2v) is 3.14. The molecule has 0 saturated carbocycles. The first kappa shape index (κ1) is 13.4. The Balaban J connectivity index is 4.37. The van der Waals surface area contributed by atoms with Crippen molar-refractivity contribution in [1.29, 1.82) is 0 Å². The van der Waals surface area contributed by atoms with Gasteiger partial charge in [-0.3, -0.25) is 0 Å². The number of allylic oxidation sites excluding steroid dienone is 2. The molecule has 0 atom stereocenters. The van der Waals surface area contributed by atoms with Gasteiger partial charge in [-0.15, -0.1) is 0 Å². The zero-order chi connectivity index (χ0) is 11.8. The number of carboxylic acid groups (broad SMARTS) is 1. The van der Waals surface area contributed by atoms with Gasteiger partial charge < -0.3 is 9.84 Å². The zero-order valence-corrected chi connectivity index (χ0v) is 9.24. The maximum absolute atomic E-state index is 11.2. The molecule has 0 aliphatic rings. The highest BCUT2D eigenvalue weighted by Gasteiger charge is 2.04. The summed E-state index contributed by atoms with van der Waals surface area (Å²) < 4.78 is 4.86. The first-order valence-electron chi connectivity index (χ1n) is 4.74. The minimum absolute atomic E-state index is 0.178. The second kappa shape index (κ2) is 6.81. The first-order valence-corrected chi connectivity index (χ1v) is 4.74. The normalized spacial score (nSPS) is 12.5. The number of rotatable bonds is 5. The molecule has 0 aliphatic heterocycles. The van der Waals surface area contributed by atoms with Crippen molar-refractivity contribution in [3.63, 3.8) is 0 Å². The van der Waals surface area contributed by atoms with Crippen LogP contribution in [0.5, 0.6) is 0 Å². The second-order valence-electron chi connectivity index (χ2n) is 3.14. The van der Waals surface area contributed by atoms with Gasteiger partial charge in [0.15, 0.2) is 0 Å². The Hall–Kier alpha value is -1.58. The van der Waals surface area contributed by atoms with E-state index in [4.69, 9.17) is 9.84 Å². The van der Waals surface area contributed by atoms with Gasteiger partial charge in [0.25, 0.3) is 0 Å². The Morgan fingerprint density at radius 3 is 2.20 bits per heavy atom. The third kappa shape index (κ3) is 5.67. The predicted octanol–water partition coefficient (Wildman–Crippen LogP) is 1.92. The summed E-state index contributed by atoms with van der Waals surface area (Å²) in [6.45, 7) is 5.33. The molecular formula is C11H16O4. The summed E-state index contributed by atoms with van der Waals surface area (Å²) in [5, 5.41) is 8.56. The molecule has 0 amide bonds. The number of aliphatic carboxylic acids is 1. The van der Waals surface area contributed by atoms with Crippen molar-refractivity contribution in [2.45, 2.75) is 27.2 Å². The van der Waals surface area contributed by atoms with E-state index in [-0.39, 0.29) is 5.57 Å². The van der Waals surface area contributed by atoms with Crippen LogP contribution in [0.2, 0.25) is 0 Å². The third-order valence-corrected chi connectivity index (χ3v) is 1.68. The number of esters is 1. The van der Waals surface area contributed by atoms with Gasteiger partial charge in [-0.25, -0.2) is 9.59 Å². The van der Waals surface area contributed by atoms with Crippen LogP contribution >= 0.6 is 0 Å². The molecule has 0 radical (unpaired) electrons. The van der Waals surface area contributed by atoms with Gasteiger partial charge in [-0.2, -0.15) is 0 Å². The average molecular weight is 212 g/mol. The van der Waals surface area contributed by atoms with E-state index in [1.807, 2.05) is 6.92 Å². The molecule has 0 aliphatic carbocycles. The van der Waals surface area contributed by atoms with Crippen molar-refractivity contribution in [3.8, 4) is 0 Å². The number of hydrogen-bond acceptors (Lipinski definition) is 3. The summed E-state index contributed by atoms with van der Waals surface area (Å²) in [6, 6.07) is 0. The molecule has 0 fully saturated rings. The highest BCUT2D eigenvalue weighted by atomic mass is 16.5. The van der Waals surface area contributed by atoms with Crippen LogP contribution < -0.4 is 0 Å². The molecule has 4 nitrogen and oxygen atoms in total. The van der Waals surface area contributed by atoms with Crippen molar-refractivity contribution in [2.24, 2.45) is 0 Å². The fraction of sp³-hybridized carbons (Fsp3) is 0.455. The molecular weight excluding hydrogens is 196 g/mol. The van der Waals surface area contributed by atoms with Crippen molar-refractivity contribution in [2.75, 3.05) is 6.61 Å². The van der Waals surface area contributed by atoms with Crippen LogP contribution in [0.4, 0.5) is 0 Å². The Kier molecular flexibility index (Phi) is 6.09. The van der Waals surface area contributed by atoms with Crippen LogP contribution in [0.3, 0.4) is 0 Å². The number of carbonyl (C=O) groups excluding carboxylic acids is 1. The van der Waals surface area contributed by atoms with Crippen molar-refractivity contribution >= 4 is 11.9 Å². The molecule has 84 valence electrons. The zero-order valence-electron chi connectivity index (χ0n) is 9.24. The maximum Gasteiger partial charge on any atom is 0.333 e. The van der Waals surface area contributed by atoms with Crippen LogP contribution in [0.1, 0.15) is 27.2 Å². The molecule has 0 saturated heterocycles. The fourth-order valence-corrected chi connectivity index (χ4v) is 0.698. The Morgan fingerprint density at radius 1 is 1.20 bits per heavy atom. The van der Waals surface area contributed by atoms with E-state index in [1.54, 1.807) is 6.92 Å². The van der Waals surface area contributed by atoms with Gasteiger partial charge in [-0.1, -0.05) is 19.1 Å². The van der Waals surface area contributed by atoms with Crippen LogP contribution in [-0.4, -0.2) is 23.7 Å². The summed E-state index contributed by atoms with van der Waals surface area (Å²) >= 11 is 0. The molecule has 0 aromatic carbocycles. The molecule has 4 heteroatoms. The smallest absolute Gasteiger partial charge is 0.333 e. The Labute approximate surface area is 89.2 Å². The lowest BCUT2D eigenvalue weighted by atomic mass is 10.2. The maximum atomic E-state index is 11.2. The van der Waals surface area contributed by atoms with Gasteiger partial charge in [0.1, 0.15) is 0 Å². The molecule has 0 rings (SSSR count). The Bertz CT molecular complexity index is 300. The summed E-state index contributed by atoms with van der Waals surface area (Å²) in [6.07, 6.45) is 3.59. The van der Waals surface area contributed by atoms with Crippen LogP contribution in [-0.2, 0) is 14.3 Å². The van der Waals surface area contributed by atoms with Crippen molar-refractivity contribution in [3.05, 3.63) is 23.3 Å². The molecule has 15 heavy (non-hydrogen) atoms. The summed E-state index contributed by atoms with van der Waals surface area (Å²) in [5.41, 5.74) is 0.571. The highest BCUT2D eigenvalue weighted by molar-refractivity contribution is 5.89. The minimum Gasteiger partial charge on any atom is -0.478 e. The van der Waals surface area contributed by atoms with Gasteiger partial charge in [0.05, 0.1) is 6.61 Å². The van der Waals surface area contributed by atoms with Crippen LogP contribution in [0.15, 0.2) is 23.3 Å². The van der Waals surface area contributed by atoms with E-state index in [9.17, 15) is 9.59 Å². The van der Waals surface area contributed by atoms with Gasteiger partial charge >= 0.3 is 11.9 Å². The van der Waals surface area contributed by atoms with E-state index < -0.39 is 11.9 Å². The SMILES string of the molecule is CCCOC(=O)C(C)=CC=C(C)C(=O)O. The first-order chi connectivity index (χ1) is 6.99. The average Bonchev–Trinajstić information content (AvgIpc) is 2.21. The number of carbonyl (C=O) groups is 2. The largest absolute Gasteiger partial charge is 0.478 e. The van der Waals surface area contributed by atoms with Crippen LogP contribution in [0, 0.1) is 0 Å². The van der Waals surface area contributed by atoms with E-state index in [0.717, 1.165) is 6.42 Å². The molecule has 0 spiro atoms. The highest BCUT2D eigenvalue weighted by Crippen LogP contribution is 2.00. The number of carboxylic acids is 1. The molecule has 0 aromatic heterocycles. The van der Waals surface area contributed by atoms with Crippen molar-refractivity contribution < 1.29 is 19.4 Å². The molecule has 0 aromatic rings. The molecule has 0 unspecified atom stereocenters. The summed E-state index contributed by atoms with van der Waals surface area (Å²) in [7, 11) is 0. The van der Waals surface area contributed by atoms with Gasteiger partial charge in [0.2, 0.25) is 0 Å². The molecule has 1 N–H and O–H groups in total. The lowest BCUT2D eigenvalue weighted by molar-refractivity contribution is -0.139. The van der Waals surface area contributed by atoms with Gasteiger partial charge in [-0.05, 0) is 20.3 Å². The standard InChI is InChI=1S/C11H16O4/c1-4-7-15-11(14)9(3)6-5-8(2)10(12)13/h5-6H,4,7H2,1-3H3,(H,12,13). The Morgan fingerprint density at radius 2 is 1.73 bits per heavy atom. The van der Waals surface area contributed by atoms with Crippen LogP contribution in [0.25, 0.3) is 0 Å². The van der Waals surface area contributed by atoms with E-state index in [0.29, 0.717) is 12.2 Å². The molecule has 0 bridgehead atoms. The number of ether oxygens (including phenoxy) is 1. The third-order valence-electron chi connectivity index (χ3n) is 1.68.